The van der Waals surface area contributed by atoms with Crippen molar-refractivity contribution >= 4 is 17.6 Å². The van der Waals surface area contributed by atoms with E-state index in [2.05, 4.69) is 5.32 Å². The summed E-state index contributed by atoms with van der Waals surface area (Å²) in [6.45, 7) is 0. The van der Waals surface area contributed by atoms with E-state index in [4.69, 9.17) is 10.8 Å². The Bertz CT molecular complexity index is 641. The summed E-state index contributed by atoms with van der Waals surface area (Å²) in [7, 11) is 0. The van der Waals surface area contributed by atoms with Gasteiger partial charge in [0.15, 0.2) is 0 Å². The van der Waals surface area contributed by atoms with Crippen molar-refractivity contribution in [3.63, 3.8) is 0 Å². The van der Waals surface area contributed by atoms with Gasteiger partial charge in [0.05, 0.1) is 11.6 Å². The molecule has 5 nitrogen and oxygen atoms in total. The molecule has 0 aliphatic heterocycles. The molecule has 0 fully saturated rings. The van der Waals surface area contributed by atoms with Crippen LogP contribution >= 0.6 is 0 Å². The van der Waals surface area contributed by atoms with Gasteiger partial charge in [-0.25, -0.2) is 4.79 Å². The first-order valence-electron chi connectivity index (χ1n) is 6.50. The predicted octanol–water partition coefficient (Wildman–Crippen LogP) is 1.89. The average molecular weight is 284 g/mol. The van der Waals surface area contributed by atoms with Crippen LogP contribution in [0.1, 0.15) is 15.9 Å². The Balaban J connectivity index is 2.00. The molecule has 2 aromatic carbocycles. The SMILES string of the molecule is N[C@@H](Cc1ccccc1)C(=O)Nc1cccc(C(=O)O)c1. The number of hydrogen-bond donors (Lipinski definition) is 3. The number of carboxylic acid groups (broad SMARTS) is 1. The summed E-state index contributed by atoms with van der Waals surface area (Å²) >= 11 is 0. The van der Waals surface area contributed by atoms with Crippen LogP contribution in [-0.2, 0) is 11.2 Å². The maximum atomic E-state index is 12.0. The molecule has 2 aromatic rings. The van der Waals surface area contributed by atoms with Crippen molar-refractivity contribution in [2.45, 2.75) is 12.5 Å². The van der Waals surface area contributed by atoms with E-state index in [0.29, 0.717) is 12.1 Å². The summed E-state index contributed by atoms with van der Waals surface area (Å²) < 4.78 is 0. The Hall–Kier alpha value is -2.66. The minimum atomic E-state index is -1.04. The number of hydrogen-bond acceptors (Lipinski definition) is 3. The van der Waals surface area contributed by atoms with Gasteiger partial charge in [0.2, 0.25) is 5.91 Å². The van der Waals surface area contributed by atoms with Crippen molar-refractivity contribution in [2.75, 3.05) is 5.32 Å². The summed E-state index contributed by atoms with van der Waals surface area (Å²) in [6, 6.07) is 14.8. The predicted molar refractivity (Wildman–Crippen MR) is 80.2 cm³/mol. The van der Waals surface area contributed by atoms with Crippen LogP contribution in [0.3, 0.4) is 0 Å². The van der Waals surface area contributed by atoms with Gasteiger partial charge in [-0.1, -0.05) is 36.4 Å². The Morgan fingerprint density at radius 3 is 2.48 bits per heavy atom. The molecular weight excluding hydrogens is 268 g/mol. The molecule has 0 aliphatic rings. The first kappa shape index (κ1) is 14.7. The zero-order chi connectivity index (χ0) is 15.2. The molecule has 1 atom stereocenters. The average Bonchev–Trinajstić information content (AvgIpc) is 2.48. The second-order valence-electron chi connectivity index (χ2n) is 4.67. The summed E-state index contributed by atoms with van der Waals surface area (Å²) in [4.78, 5) is 22.9. The zero-order valence-corrected chi connectivity index (χ0v) is 11.3. The lowest BCUT2D eigenvalue weighted by Gasteiger charge is -2.12. The van der Waals surface area contributed by atoms with E-state index in [9.17, 15) is 9.59 Å². The van der Waals surface area contributed by atoms with Gasteiger partial charge in [-0.05, 0) is 30.2 Å². The van der Waals surface area contributed by atoms with Gasteiger partial charge >= 0.3 is 5.97 Å². The van der Waals surface area contributed by atoms with Crippen LogP contribution < -0.4 is 11.1 Å². The van der Waals surface area contributed by atoms with Crippen LogP contribution in [0, 0.1) is 0 Å². The molecule has 1 amide bonds. The van der Waals surface area contributed by atoms with E-state index in [1.54, 1.807) is 12.1 Å². The highest BCUT2D eigenvalue weighted by molar-refractivity contribution is 5.96. The third kappa shape index (κ3) is 4.15. The maximum Gasteiger partial charge on any atom is 0.335 e. The molecule has 0 unspecified atom stereocenters. The number of carbonyl (C=O) groups excluding carboxylic acids is 1. The van der Waals surface area contributed by atoms with Crippen molar-refractivity contribution in [1.29, 1.82) is 0 Å². The lowest BCUT2D eigenvalue weighted by Crippen LogP contribution is -2.37. The quantitative estimate of drug-likeness (QED) is 0.781. The van der Waals surface area contributed by atoms with Gasteiger partial charge in [-0.2, -0.15) is 0 Å². The fourth-order valence-electron chi connectivity index (χ4n) is 1.93. The van der Waals surface area contributed by atoms with Gasteiger partial charge in [0.25, 0.3) is 0 Å². The highest BCUT2D eigenvalue weighted by atomic mass is 16.4. The molecule has 21 heavy (non-hydrogen) atoms. The number of anilines is 1. The zero-order valence-electron chi connectivity index (χ0n) is 11.3. The van der Waals surface area contributed by atoms with Crippen LogP contribution in [-0.4, -0.2) is 23.0 Å². The van der Waals surface area contributed by atoms with Crippen molar-refractivity contribution in [1.82, 2.24) is 0 Å². The third-order valence-corrected chi connectivity index (χ3v) is 3.01. The molecule has 0 saturated heterocycles. The topological polar surface area (TPSA) is 92.4 Å². The van der Waals surface area contributed by atoms with E-state index in [0.717, 1.165) is 5.56 Å². The van der Waals surface area contributed by atoms with Gasteiger partial charge in [0, 0.05) is 5.69 Å². The molecule has 0 spiro atoms. The van der Waals surface area contributed by atoms with Crippen molar-refractivity contribution in [2.24, 2.45) is 5.73 Å². The highest BCUT2D eigenvalue weighted by Gasteiger charge is 2.14. The molecule has 0 saturated carbocycles. The van der Waals surface area contributed by atoms with Crippen molar-refractivity contribution in [3.05, 3.63) is 65.7 Å². The lowest BCUT2D eigenvalue weighted by molar-refractivity contribution is -0.117. The monoisotopic (exact) mass is 284 g/mol. The number of carboxylic acids is 1. The van der Waals surface area contributed by atoms with Gasteiger partial charge in [-0.15, -0.1) is 0 Å². The van der Waals surface area contributed by atoms with Crippen molar-refractivity contribution < 1.29 is 14.7 Å². The number of rotatable bonds is 5. The van der Waals surface area contributed by atoms with Crippen molar-refractivity contribution in [3.8, 4) is 0 Å². The molecule has 0 aromatic heterocycles. The number of nitrogens with two attached hydrogens (primary N) is 1. The smallest absolute Gasteiger partial charge is 0.335 e. The van der Waals surface area contributed by atoms with Crippen LogP contribution in [0.2, 0.25) is 0 Å². The first-order chi connectivity index (χ1) is 10.1. The van der Waals surface area contributed by atoms with Gasteiger partial charge in [-0.3, -0.25) is 4.79 Å². The maximum absolute atomic E-state index is 12.0. The van der Waals surface area contributed by atoms with Crippen LogP contribution in [0.15, 0.2) is 54.6 Å². The lowest BCUT2D eigenvalue weighted by atomic mass is 10.1. The molecule has 2 rings (SSSR count). The standard InChI is InChI=1S/C16H16N2O3/c17-14(9-11-5-2-1-3-6-11)15(19)18-13-8-4-7-12(10-13)16(20)21/h1-8,10,14H,9,17H2,(H,18,19)(H,20,21)/t14-/m0/s1. The molecule has 0 bridgehead atoms. The van der Waals surface area contributed by atoms with Gasteiger partial charge in [0.1, 0.15) is 0 Å². The number of carbonyl (C=O) groups is 2. The van der Waals surface area contributed by atoms with E-state index in [1.807, 2.05) is 30.3 Å². The molecule has 4 N–H and O–H groups in total. The van der Waals surface area contributed by atoms with Crippen LogP contribution in [0.5, 0.6) is 0 Å². The van der Waals surface area contributed by atoms with E-state index < -0.39 is 12.0 Å². The first-order valence-corrected chi connectivity index (χ1v) is 6.50. The summed E-state index contributed by atoms with van der Waals surface area (Å²) in [6.07, 6.45) is 0.422. The van der Waals surface area contributed by atoms with E-state index >= 15 is 0 Å². The molecule has 0 radical (unpaired) electrons. The van der Waals surface area contributed by atoms with Gasteiger partial charge < -0.3 is 16.2 Å². The number of aromatic carboxylic acids is 1. The second-order valence-corrected chi connectivity index (χ2v) is 4.67. The Morgan fingerprint density at radius 1 is 1.10 bits per heavy atom. The third-order valence-electron chi connectivity index (χ3n) is 3.01. The number of nitrogens with one attached hydrogen (secondary N) is 1. The summed E-state index contributed by atoms with van der Waals surface area (Å²) in [5.74, 6) is -1.39. The molecule has 108 valence electrons. The molecule has 0 heterocycles. The Kier molecular flexibility index (Phi) is 4.68. The fraction of sp³-hybridized carbons (Fsp3) is 0.125. The normalized spacial score (nSPS) is 11.7. The Morgan fingerprint density at radius 2 is 1.81 bits per heavy atom. The fourth-order valence-corrected chi connectivity index (χ4v) is 1.93. The molecule has 0 aliphatic carbocycles. The minimum Gasteiger partial charge on any atom is -0.478 e. The highest BCUT2D eigenvalue weighted by Crippen LogP contribution is 2.11. The Labute approximate surface area is 122 Å². The van der Waals surface area contributed by atoms with E-state index in [-0.39, 0.29) is 11.5 Å². The van der Waals surface area contributed by atoms with Crippen LogP contribution in [0.4, 0.5) is 5.69 Å². The van der Waals surface area contributed by atoms with E-state index in [1.165, 1.54) is 12.1 Å². The number of amides is 1. The molecular formula is C16H16N2O3. The number of benzene rings is 2. The van der Waals surface area contributed by atoms with Crippen LogP contribution in [0.25, 0.3) is 0 Å². The minimum absolute atomic E-state index is 0.115. The summed E-state index contributed by atoms with van der Waals surface area (Å²) in [5.41, 5.74) is 7.37. The molecule has 5 heteroatoms. The largest absolute Gasteiger partial charge is 0.478 e. The summed E-state index contributed by atoms with van der Waals surface area (Å²) in [5, 5.41) is 11.5. The second kappa shape index (κ2) is 6.67.